The topological polar surface area (TPSA) is 75.4 Å². The lowest BCUT2D eigenvalue weighted by Gasteiger charge is -2.23. The maximum atomic E-state index is 10.7. The van der Waals surface area contributed by atoms with Crippen LogP contribution in [0.3, 0.4) is 0 Å². The van der Waals surface area contributed by atoms with Gasteiger partial charge in [0, 0.05) is 23.2 Å². The van der Waals surface area contributed by atoms with Crippen molar-refractivity contribution in [1.29, 1.82) is 0 Å². The van der Waals surface area contributed by atoms with Crippen molar-refractivity contribution in [3.63, 3.8) is 0 Å². The Bertz CT molecular complexity index is 800. The lowest BCUT2D eigenvalue weighted by Crippen LogP contribution is -2.24. The highest BCUT2D eigenvalue weighted by Gasteiger charge is 2.19. The molecule has 0 aliphatic carbocycles. The molecule has 0 fully saturated rings. The minimum absolute atomic E-state index is 0.00216. The van der Waals surface area contributed by atoms with Gasteiger partial charge in [-0.25, -0.2) is 0 Å². The minimum atomic E-state index is -0.566. The van der Waals surface area contributed by atoms with Crippen molar-refractivity contribution in [3.05, 3.63) is 73.7 Å². The number of hydrogen-bond donors (Lipinski definition) is 2. The number of non-ortho nitro benzene ring substituents is 1. The SMILES string of the molecule is CC(CCNCC(O)c1ccc(Br)c(C(C)(C)C)c1)c1ccc([N+](=O)[O-])cc1. The van der Waals surface area contributed by atoms with Crippen molar-refractivity contribution in [3.8, 4) is 0 Å². The molecule has 0 spiro atoms. The Morgan fingerprint density at radius 1 is 1.14 bits per heavy atom. The summed E-state index contributed by atoms with van der Waals surface area (Å²) >= 11 is 3.60. The third kappa shape index (κ3) is 6.12. The van der Waals surface area contributed by atoms with Gasteiger partial charge in [0.2, 0.25) is 0 Å². The molecule has 2 aromatic carbocycles. The maximum absolute atomic E-state index is 10.7. The smallest absolute Gasteiger partial charge is 0.269 e. The van der Waals surface area contributed by atoms with Crippen LogP contribution in [0.25, 0.3) is 0 Å². The molecular weight excluding hydrogens is 420 g/mol. The van der Waals surface area contributed by atoms with E-state index in [0.29, 0.717) is 6.54 Å². The Morgan fingerprint density at radius 3 is 2.32 bits per heavy atom. The average molecular weight is 449 g/mol. The maximum Gasteiger partial charge on any atom is 0.269 e. The van der Waals surface area contributed by atoms with Crippen LogP contribution in [-0.2, 0) is 5.41 Å². The fourth-order valence-corrected chi connectivity index (χ4v) is 3.93. The first-order valence-electron chi connectivity index (χ1n) is 9.52. The normalized spacial score (nSPS) is 13.9. The molecule has 6 heteroatoms. The first-order valence-corrected chi connectivity index (χ1v) is 10.3. The first kappa shape index (κ1) is 22.5. The van der Waals surface area contributed by atoms with E-state index in [4.69, 9.17) is 0 Å². The summed E-state index contributed by atoms with van der Waals surface area (Å²) in [5.41, 5.74) is 3.28. The molecule has 5 nitrogen and oxygen atoms in total. The molecule has 0 radical (unpaired) electrons. The third-order valence-electron chi connectivity index (χ3n) is 4.95. The number of halogens is 1. The molecule has 0 bridgehead atoms. The zero-order chi connectivity index (χ0) is 20.9. The number of benzene rings is 2. The lowest BCUT2D eigenvalue weighted by molar-refractivity contribution is -0.384. The Morgan fingerprint density at radius 2 is 1.75 bits per heavy atom. The average Bonchev–Trinajstić information content (AvgIpc) is 2.64. The van der Waals surface area contributed by atoms with E-state index in [-0.39, 0.29) is 21.9 Å². The summed E-state index contributed by atoms with van der Waals surface area (Å²) in [6.45, 7) is 9.81. The van der Waals surface area contributed by atoms with Gasteiger partial charge in [-0.05, 0) is 47.1 Å². The van der Waals surface area contributed by atoms with E-state index in [1.807, 2.05) is 24.3 Å². The molecule has 152 valence electrons. The molecule has 0 saturated heterocycles. The Labute approximate surface area is 175 Å². The Balaban J connectivity index is 1.85. The summed E-state index contributed by atoms with van der Waals surface area (Å²) in [5, 5.41) is 24.6. The number of nitro groups is 1. The number of rotatable bonds is 8. The van der Waals surface area contributed by atoms with Crippen molar-refractivity contribution in [2.75, 3.05) is 13.1 Å². The van der Waals surface area contributed by atoms with Gasteiger partial charge < -0.3 is 10.4 Å². The van der Waals surface area contributed by atoms with Crippen LogP contribution >= 0.6 is 15.9 Å². The van der Waals surface area contributed by atoms with Gasteiger partial charge in [0.15, 0.2) is 0 Å². The predicted octanol–water partition coefficient (Wildman–Crippen LogP) is 5.47. The highest BCUT2D eigenvalue weighted by molar-refractivity contribution is 9.10. The molecule has 0 aliphatic heterocycles. The minimum Gasteiger partial charge on any atom is -0.387 e. The monoisotopic (exact) mass is 448 g/mol. The van der Waals surface area contributed by atoms with Crippen molar-refractivity contribution >= 4 is 21.6 Å². The second-order valence-corrected chi connectivity index (χ2v) is 9.10. The van der Waals surface area contributed by atoms with Crippen LogP contribution in [0.2, 0.25) is 0 Å². The van der Waals surface area contributed by atoms with E-state index in [1.54, 1.807) is 12.1 Å². The largest absolute Gasteiger partial charge is 0.387 e. The summed E-state index contributed by atoms with van der Waals surface area (Å²) in [7, 11) is 0. The highest BCUT2D eigenvalue weighted by atomic mass is 79.9. The summed E-state index contributed by atoms with van der Waals surface area (Å²) < 4.78 is 1.06. The van der Waals surface area contributed by atoms with Crippen LogP contribution in [0.1, 0.15) is 62.8 Å². The van der Waals surface area contributed by atoms with Gasteiger partial charge in [0.25, 0.3) is 5.69 Å². The van der Waals surface area contributed by atoms with Crippen LogP contribution < -0.4 is 5.32 Å². The first-order chi connectivity index (χ1) is 13.1. The van der Waals surface area contributed by atoms with E-state index in [9.17, 15) is 15.2 Å². The Kier molecular flexibility index (Phi) is 7.75. The van der Waals surface area contributed by atoms with E-state index < -0.39 is 6.10 Å². The second kappa shape index (κ2) is 9.63. The number of nitrogens with one attached hydrogen (secondary N) is 1. The third-order valence-corrected chi connectivity index (χ3v) is 5.64. The second-order valence-electron chi connectivity index (χ2n) is 8.25. The fraction of sp³-hybridized carbons (Fsp3) is 0.455. The molecule has 2 N–H and O–H groups in total. The van der Waals surface area contributed by atoms with Gasteiger partial charge in [0.1, 0.15) is 0 Å². The van der Waals surface area contributed by atoms with Gasteiger partial charge >= 0.3 is 0 Å². The number of hydrogen-bond acceptors (Lipinski definition) is 4. The van der Waals surface area contributed by atoms with Gasteiger partial charge in [-0.2, -0.15) is 0 Å². The zero-order valence-corrected chi connectivity index (χ0v) is 18.5. The van der Waals surface area contributed by atoms with Crippen LogP contribution in [0, 0.1) is 10.1 Å². The number of nitrogens with zero attached hydrogens (tertiary/aromatic N) is 1. The van der Waals surface area contributed by atoms with Gasteiger partial charge in [-0.15, -0.1) is 0 Å². The summed E-state index contributed by atoms with van der Waals surface area (Å²) in [5.74, 6) is 0.283. The standard InChI is InChI=1S/C22H29BrN2O3/c1-15(16-5-8-18(9-6-16)25(27)28)11-12-24-14-21(26)17-7-10-20(23)19(13-17)22(2,3)4/h5-10,13,15,21,24,26H,11-12,14H2,1-4H3. The number of aliphatic hydroxyl groups is 1. The molecule has 0 amide bonds. The van der Waals surface area contributed by atoms with Crippen LogP contribution in [0.15, 0.2) is 46.9 Å². The molecule has 0 aromatic heterocycles. The summed E-state index contributed by atoms with van der Waals surface area (Å²) in [6.07, 6.45) is 0.321. The van der Waals surface area contributed by atoms with Crippen LogP contribution in [0.4, 0.5) is 5.69 Å². The van der Waals surface area contributed by atoms with E-state index in [0.717, 1.165) is 28.6 Å². The molecule has 0 heterocycles. The fourth-order valence-electron chi connectivity index (χ4n) is 3.09. The van der Waals surface area contributed by atoms with E-state index in [1.165, 1.54) is 5.56 Å². The van der Waals surface area contributed by atoms with Crippen LogP contribution in [0.5, 0.6) is 0 Å². The van der Waals surface area contributed by atoms with Crippen molar-refractivity contribution in [1.82, 2.24) is 5.32 Å². The molecular formula is C22H29BrN2O3. The quantitative estimate of drug-likeness (QED) is 0.318. The molecule has 2 rings (SSSR count). The molecule has 2 aromatic rings. The van der Waals surface area contributed by atoms with Crippen LogP contribution in [-0.4, -0.2) is 23.1 Å². The molecule has 28 heavy (non-hydrogen) atoms. The van der Waals surface area contributed by atoms with E-state index in [2.05, 4.69) is 55.0 Å². The molecule has 0 saturated carbocycles. The van der Waals surface area contributed by atoms with Gasteiger partial charge in [0.05, 0.1) is 11.0 Å². The Hall–Kier alpha value is -1.76. The predicted molar refractivity (Wildman–Crippen MR) is 117 cm³/mol. The van der Waals surface area contributed by atoms with Crippen molar-refractivity contribution < 1.29 is 10.0 Å². The number of aliphatic hydroxyl groups excluding tert-OH is 1. The van der Waals surface area contributed by atoms with Crippen molar-refractivity contribution in [2.45, 2.75) is 51.6 Å². The van der Waals surface area contributed by atoms with E-state index >= 15 is 0 Å². The molecule has 0 aliphatic rings. The molecule has 2 atom stereocenters. The number of nitro benzene ring substituents is 1. The van der Waals surface area contributed by atoms with Gasteiger partial charge in [-0.1, -0.05) is 67.9 Å². The van der Waals surface area contributed by atoms with Gasteiger partial charge in [-0.3, -0.25) is 10.1 Å². The summed E-state index contributed by atoms with van der Waals surface area (Å²) in [6, 6.07) is 12.7. The van der Waals surface area contributed by atoms with Crippen molar-refractivity contribution in [2.24, 2.45) is 0 Å². The lowest BCUT2D eigenvalue weighted by atomic mass is 9.85. The molecule has 2 unspecified atom stereocenters. The highest BCUT2D eigenvalue weighted by Crippen LogP contribution is 2.32. The zero-order valence-electron chi connectivity index (χ0n) is 16.9. The summed E-state index contributed by atoms with van der Waals surface area (Å²) in [4.78, 5) is 10.4.